The van der Waals surface area contributed by atoms with Crippen LogP contribution in [0.4, 0.5) is 0 Å². The van der Waals surface area contributed by atoms with E-state index in [0.29, 0.717) is 0 Å². The number of allylic oxidation sites excluding steroid dienone is 1. The van der Waals surface area contributed by atoms with Gasteiger partial charge in [0.2, 0.25) is 0 Å². The Morgan fingerprint density at radius 2 is 1.42 bits per heavy atom. The Morgan fingerprint density at radius 3 is 2.09 bits per heavy atom. The Morgan fingerprint density at radius 1 is 0.822 bits per heavy atom. The first-order valence-corrected chi connectivity index (χ1v) is 23.2. The number of para-hydroxylation sites is 1. The van der Waals surface area contributed by atoms with Crippen molar-refractivity contribution in [3.8, 4) is 5.75 Å². The van der Waals surface area contributed by atoms with Crippen LogP contribution in [0.3, 0.4) is 0 Å². The first-order chi connectivity index (χ1) is 21.5. The summed E-state index contributed by atoms with van der Waals surface area (Å²) in [6.45, 7) is 9.12. The summed E-state index contributed by atoms with van der Waals surface area (Å²) in [5.41, 5.74) is 5.77. The second kappa shape index (κ2) is 10.8. The Hall–Kier alpha value is -1.90. The zero-order valence-electron chi connectivity index (χ0n) is 26.9. The van der Waals surface area contributed by atoms with Crippen LogP contribution in [-0.2, 0) is 23.7 Å². The van der Waals surface area contributed by atoms with Gasteiger partial charge in [0.1, 0.15) is 0 Å². The van der Waals surface area contributed by atoms with Crippen molar-refractivity contribution in [2.24, 2.45) is 17.8 Å². The second-order valence-electron chi connectivity index (χ2n) is 15.2. The van der Waals surface area contributed by atoms with E-state index in [2.05, 4.69) is 116 Å². The molecule has 0 spiro atoms. The van der Waals surface area contributed by atoms with Gasteiger partial charge in [-0.2, -0.15) is 0 Å². The molecule has 4 bridgehead atoms. The molecule has 1 atom stereocenters. The van der Waals surface area contributed by atoms with Gasteiger partial charge in [-0.1, -0.05) is 0 Å². The summed E-state index contributed by atoms with van der Waals surface area (Å²) in [6, 6.07) is 28.6. The van der Waals surface area contributed by atoms with Crippen LogP contribution in [0.25, 0.3) is 0 Å². The number of halogens is 2. The number of benzene rings is 3. The van der Waals surface area contributed by atoms with Crippen LogP contribution in [0.2, 0.25) is 0 Å². The van der Waals surface area contributed by atoms with Crippen molar-refractivity contribution >= 4 is 28.2 Å². The summed E-state index contributed by atoms with van der Waals surface area (Å²) in [7, 11) is 16.4. The van der Waals surface area contributed by atoms with E-state index in [1.807, 2.05) is 6.07 Å². The molecule has 5 fully saturated rings. The van der Waals surface area contributed by atoms with Gasteiger partial charge in [-0.15, -0.1) is 0 Å². The average Bonchev–Trinajstić information content (AvgIpc) is 3.23. The van der Waals surface area contributed by atoms with Gasteiger partial charge in [0.15, 0.2) is 0 Å². The molecule has 0 N–H and O–H groups in total. The van der Waals surface area contributed by atoms with E-state index < -0.39 is 17.3 Å². The van der Waals surface area contributed by atoms with Crippen LogP contribution in [0.5, 0.6) is 5.75 Å². The van der Waals surface area contributed by atoms with Gasteiger partial charge in [0, 0.05) is 0 Å². The van der Waals surface area contributed by atoms with Crippen LogP contribution < -0.4 is 4.74 Å². The summed E-state index contributed by atoms with van der Waals surface area (Å²) < 4.78 is 9.87. The Bertz CT molecular complexity index is 1770. The van der Waals surface area contributed by atoms with Gasteiger partial charge >= 0.3 is 281 Å². The van der Waals surface area contributed by atoms with Gasteiger partial charge in [-0.3, -0.25) is 0 Å². The second-order valence-corrected chi connectivity index (χ2v) is 24.4. The number of nitrogens with zero attached hydrogens (tertiary/aromatic N) is 1. The van der Waals surface area contributed by atoms with Crippen molar-refractivity contribution in [3.05, 3.63) is 113 Å². The molecule has 1 heterocycles. The molecule has 1 saturated heterocycles. The molecule has 9 rings (SSSR count). The van der Waals surface area contributed by atoms with Crippen LogP contribution in [0.1, 0.15) is 88.5 Å². The molecule has 6 aliphatic rings. The van der Waals surface area contributed by atoms with Crippen molar-refractivity contribution in [2.75, 3.05) is 0 Å². The molecule has 3 aromatic rings. The van der Waals surface area contributed by atoms with Gasteiger partial charge < -0.3 is 0 Å². The Kier molecular flexibility index (Phi) is 7.31. The molecular formula is C40H45Cl2NORu. The van der Waals surface area contributed by atoms with Crippen molar-refractivity contribution in [1.29, 1.82) is 0 Å². The predicted molar refractivity (Wildman–Crippen MR) is 186 cm³/mol. The van der Waals surface area contributed by atoms with E-state index in [4.69, 9.17) is 24.1 Å². The molecule has 0 unspecified atom stereocenters. The SMILES string of the molecule is CC(C)Oc1ccccc1[CH]=[Ru]([Cl])([Cl])=[C]1N(C23CC4CC(CC(C4)C2)C3)C(C)(C)C2=CCc3ccccc3[C@@]21c1ccccc1. The van der Waals surface area contributed by atoms with E-state index in [1.54, 1.807) is 0 Å². The Labute approximate surface area is 279 Å². The van der Waals surface area contributed by atoms with E-state index in [-0.39, 0.29) is 17.2 Å². The van der Waals surface area contributed by atoms with Crippen LogP contribution in [0.15, 0.2) is 90.5 Å². The number of hydrogen-bond donors (Lipinski definition) is 0. The third-order valence-electron chi connectivity index (χ3n) is 11.5. The fourth-order valence-corrected chi connectivity index (χ4v) is 17.9. The molecule has 0 radical (unpaired) electrons. The number of fused-ring (bicyclic) bond motifs is 3. The summed E-state index contributed by atoms with van der Waals surface area (Å²) in [5, 5.41) is 0. The molecule has 238 valence electrons. The van der Waals surface area contributed by atoms with Gasteiger partial charge in [-0.05, 0) is 0 Å². The normalized spacial score (nSPS) is 31.8. The van der Waals surface area contributed by atoms with Crippen molar-refractivity contribution < 1.29 is 16.6 Å². The van der Waals surface area contributed by atoms with E-state index in [9.17, 15) is 0 Å². The maximum absolute atomic E-state index is 8.19. The topological polar surface area (TPSA) is 12.5 Å². The Balaban J connectivity index is 1.52. The van der Waals surface area contributed by atoms with E-state index in [0.717, 1.165) is 35.5 Å². The average molecular weight is 728 g/mol. The fourth-order valence-electron chi connectivity index (χ4n) is 10.7. The molecule has 45 heavy (non-hydrogen) atoms. The number of hydrogen-bond acceptors (Lipinski definition) is 2. The fraction of sp³-hybridized carbons (Fsp3) is 0.450. The van der Waals surface area contributed by atoms with Crippen molar-refractivity contribution in [3.63, 3.8) is 0 Å². The number of rotatable bonds is 5. The predicted octanol–water partition coefficient (Wildman–Crippen LogP) is 9.75. The van der Waals surface area contributed by atoms with Crippen LogP contribution in [0, 0.1) is 17.8 Å². The molecule has 0 amide bonds. The standard InChI is InChI=1S/C30H33N.C10H12O.2ClH.Ru/c1-28(2)27-13-12-24-8-6-7-11-26(24)30(27,25-9-4-3-5-10-25)20-31(28)29-17-21-14-22(18-29)16-23(15-21)19-29;1-8(2)11-10-7-5-4-6-9(10)3;;;/h3-11,13,21-23H,12,14-19H2,1-2H3;3-8H,1-2H3;2*1H;/q;;;;+2/p-2/t21?,22?,23?,29?,30-;;;;/m1..../s1. The van der Waals surface area contributed by atoms with E-state index in [1.165, 1.54) is 65.0 Å². The van der Waals surface area contributed by atoms with Crippen LogP contribution in [-0.4, -0.2) is 30.9 Å². The molecular weight excluding hydrogens is 682 g/mol. The molecule has 3 aromatic carbocycles. The summed E-state index contributed by atoms with van der Waals surface area (Å²) in [6.07, 6.45) is 11.5. The quantitative estimate of drug-likeness (QED) is 0.192. The maximum atomic E-state index is 8.19. The molecule has 5 aliphatic carbocycles. The molecule has 0 aromatic heterocycles. The summed E-state index contributed by atoms with van der Waals surface area (Å²) in [4.78, 5) is 2.90. The van der Waals surface area contributed by atoms with Gasteiger partial charge in [0.05, 0.1) is 0 Å². The van der Waals surface area contributed by atoms with Gasteiger partial charge in [-0.25, -0.2) is 0 Å². The number of likely N-dealkylation sites (tertiary alicyclic amines) is 1. The van der Waals surface area contributed by atoms with E-state index >= 15 is 0 Å². The first kappa shape index (κ1) is 30.4. The van der Waals surface area contributed by atoms with Crippen molar-refractivity contribution in [1.82, 2.24) is 4.90 Å². The molecule has 4 saturated carbocycles. The zero-order valence-corrected chi connectivity index (χ0v) is 30.1. The minimum atomic E-state index is -3.85. The molecule has 1 aliphatic heterocycles. The minimum absolute atomic E-state index is 0.0574. The zero-order chi connectivity index (χ0) is 31.2. The third-order valence-corrected chi connectivity index (χ3v) is 17.2. The summed E-state index contributed by atoms with van der Waals surface area (Å²) in [5.74, 6) is 3.27. The van der Waals surface area contributed by atoms with Gasteiger partial charge in [0.25, 0.3) is 0 Å². The molecule has 2 nitrogen and oxygen atoms in total. The monoisotopic (exact) mass is 727 g/mol. The summed E-state index contributed by atoms with van der Waals surface area (Å²) >= 11 is -3.85. The third kappa shape index (κ3) is 4.62. The van der Waals surface area contributed by atoms with Crippen LogP contribution >= 0.6 is 19.4 Å². The number of ether oxygens (including phenoxy) is 1. The first-order valence-electron chi connectivity index (χ1n) is 16.8. The van der Waals surface area contributed by atoms with Crippen molar-refractivity contribution in [2.45, 2.75) is 95.2 Å². The molecule has 5 heteroatoms.